The van der Waals surface area contributed by atoms with Gasteiger partial charge in [0.15, 0.2) is 0 Å². The average molecular weight is 188 g/mol. The highest BCUT2D eigenvalue weighted by atomic mass is 16.5. The van der Waals surface area contributed by atoms with E-state index in [-0.39, 0.29) is 0 Å². The minimum absolute atomic E-state index is 0.459. The molecule has 0 bridgehead atoms. The molecule has 0 aromatic carbocycles. The smallest absolute Gasteiger partial charge is 0.0613 e. The van der Waals surface area contributed by atoms with Crippen LogP contribution in [0.1, 0.15) is 20.8 Å². The van der Waals surface area contributed by atoms with Gasteiger partial charge in [-0.25, -0.2) is 0 Å². The van der Waals surface area contributed by atoms with Gasteiger partial charge in [0.2, 0.25) is 0 Å². The van der Waals surface area contributed by atoms with Gasteiger partial charge in [-0.2, -0.15) is 0 Å². The highest BCUT2D eigenvalue weighted by Gasteiger charge is 2.01. The molecular weight excluding hydrogens is 164 g/mol. The largest absolute Gasteiger partial charge is 0.383 e. The fraction of sp³-hybridized carbons (Fsp3) is 1.00. The van der Waals surface area contributed by atoms with Crippen LogP contribution < -0.4 is 5.32 Å². The number of ether oxygens (including phenoxy) is 1. The maximum atomic E-state index is 5.04. The van der Waals surface area contributed by atoms with Gasteiger partial charge in [-0.15, -0.1) is 0 Å². The Morgan fingerprint density at radius 2 is 1.92 bits per heavy atom. The first kappa shape index (κ1) is 12.9. The lowest BCUT2D eigenvalue weighted by Crippen LogP contribution is -2.37. The molecule has 0 fully saturated rings. The van der Waals surface area contributed by atoms with Crippen LogP contribution in [0.5, 0.6) is 0 Å². The summed E-state index contributed by atoms with van der Waals surface area (Å²) in [5, 5.41) is 3.42. The highest BCUT2D eigenvalue weighted by molar-refractivity contribution is 4.61. The zero-order valence-electron chi connectivity index (χ0n) is 9.47. The molecule has 0 aliphatic rings. The Labute approximate surface area is 82.4 Å². The van der Waals surface area contributed by atoms with Crippen molar-refractivity contribution in [3.63, 3.8) is 0 Å². The van der Waals surface area contributed by atoms with Crippen LogP contribution in [0.2, 0.25) is 0 Å². The Balaban J connectivity index is 3.32. The van der Waals surface area contributed by atoms with E-state index >= 15 is 0 Å². The number of hydrogen-bond acceptors (Lipinski definition) is 3. The van der Waals surface area contributed by atoms with Crippen LogP contribution in [0, 0.1) is 0 Å². The van der Waals surface area contributed by atoms with Crippen molar-refractivity contribution in [2.24, 2.45) is 0 Å². The third-order valence-electron chi connectivity index (χ3n) is 2.23. The fourth-order valence-corrected chi connectivity index (χ4v) is 1.32. The Hall–Kier alpha value is -0.120. The van der Waals surface area contributed by atoms with Gasteiger partial charge in [0.1, 0.15) is 0 Å². The second-order valence-corrected chi connectivity index (χ2v) is 3.34. The van der Waals surface area contributed by atoms with Crippen LogP contribution in [0.3, 0.4) is 0 Å². The van der Waals surface area contributed by atoms with Crippen LogP contribution in [0.25, 0.3) is 0 Å². The Morgan fingerprint density at radius 3 is 2.38 bits per heavy atom. The van der Waals surface area contributed by atoms with E-state index in [1.54, 1.807) is 7.11 Å². The molecule has 13 heavy (non-hydrogen) atoms. The van der Waals surface area contributed by atoms with Crippen LogP contribution in [0.4, 0.5) is 0 Å². The van der Waals surface area contributed by atoms with Gasteiger partial charge in [0.05, 0.1) is 6.61 Å². The molecule has 3 nitrogen and oxygen atoms in total. The molecular formula is C10H24N2O. The standard InChI is InChI=1S/C10H24N2O/c1-5-12(6-2)8-7-11-10(3)9-13-4/h10-11H,5-9H2,1-4H3/t10-/m0/s1. The molecule has 1 N–H and O–H groups in total. The van der Waals surface area contributed by atoms with Gasteiger partial charge in [-0.3, -0.25) is 0 Å². The minimum Gasteiger partial charge on any atom is -0.383 e. The second kappa shape index (κ2) is 8.48. The summed E-state index contributed by atoms with van der Waals surface area (Å²) in [6.07, 6.45) is 0. The van der Waals surface area contributed by atoms with Crippen molar-refractivity contribution in [3.8, 4) is 0 Å². The first-order chi connectivity index (χ1) is 6.24. The summed E-state index contributed by atoms with van der Waals surface area (Å²) in [6.45, 7) is 11.8. The molecule has 0 rings (SSSR count). The monoisotopic (exact) mass is 188 g/mol. The molecule has 0 heterocycles. The van der Waals surface area contributed by atoms with E-state index in [2.05, 4.69) is 31.0 Å². The van der Waals surface area contributed by atoms with Crippen LogP contribution in [-0.4, -0.2) is 50.8 Å². The van der Waals surface area contributed by atoms with Gasteiger partial charge in [0, 0.05) is 26.2 Å². The van der Waals surface area contributed by atoms with Crippen molar-refractivity contribution in [1.82, 2.24) is 10.2 Å². The number of hydrogen-bond donors (Lipinski definition) is 1. The third kappa shape index (κ3) is 6.99. The van der Waals surface area contributed by atoms with E-state index < -0.39 is 0 Å². The van der Waals surface area contributed by atoms with Crippen LogP contribution in [-0.2, 0) is 4.74 Å². The van der Waals surface area contributed by atoms with Crippen molar-refractivity contribution < 1.29 is 4.74 Å². The SMILES string of the molecule is CCN(CC)CCN[C@@H](C)COC. The molecule has 1 atom stereocenters. The van der Waals surface area contributed by atoms with Gasteiger partial charge >= 0.3 is 0 Å². The van der Waals surface area contributed by atoms with Crippen molar-refractivity contribution in [1.29, 1.82) is 0 Å². The summed E-state index contributed by atoms with van der Waals surface area (Å²) in [5.74, 6) is 0. The number of nitrogens with one attached hydrogen (secondary N) is 1. The Bertz CT molecular complexity index is 105. The third-order valence-corrected chi connectivity index (χ3v) is 2.23. The molecule has 0 spiro atoms. The summed E-state index contributed by atoms with van der Waals surface area (Å²) in [5.41, 5.74) is 0. The maximum absolute atomic E-state index is 5.04. The van der Waals surface area contributed by atoms with E-state index in [1.165, 1.54) is 0 Å². The molecule has 80 valence electrons. The molecule has 0 aliphatic heterocycles. The lowest BCUT2D eigenvalue weighted by molar-refractivity contribution is 0.169. The molecule has 0 saturated carbocycles. The fourth-order valence-electron chi connectivity index (χ4n) is 1.32. The zero-order valence-corrected chi connectivity index (χ0v) is 9.47. The Kier molecular flexibility index (Phi) is 8.40. The summed E-state index contributed by atoms with van der Waals surface area (Å²) >= 11 is 0. The topological polar surface area (TPSA) is 24.5 Å². The quantitative estimate of drug-likeness (QED) is 0.614. The van der Waals surface area contributed by atoms with Crippen molar-refractivity contribution in [2.45, 2.75) is 26.8 Å². The normalized spacial score (nSPS) is 13.6. The first-order valence-corrected chi connectivity index (χ1v) is 5.19. The van der Waals surface area contributed by atoms with E-state index in [0.29, 0.717) is 6.04 Å². The van der Waals surface area contributed by atoms with Crippen molar-refractivity contribution in [2.75, 3.05) is 39.9 Å². The lowest BCUT2D eigenvalue weighted by Gasteiger charge is -2.20. The number of methoxy groups -OCH3 is 1. The lowest BCUT2D eigenvalue weighted by atomic mass is 10.3. The van der Waals surface area contributed by atoms with Gasteiger partial charge in [-0.1, -0.05) is 13.8 Å². The molecule has 0 aromatic heterocycles. The highest BCUT2D eigenvalue weighted by Crippen LogP contribution is 1.86. The molecule has 3 heteroatoms. The Morgan fingerprint density at radius 1 is 1.31 bits per heavy atom. The van der Waals surface area contributed by atoms with Crippen molar-refractivity contribution >= 4 is 0 Å². The van der Waals surface area contributed by atoms with Crippen LogP contribution in [0.15, 0.2) is 0 Å². The zero-order chi connectivity index (χ0) is 10.1. The molecule has 0 radical (unpaired) electrons. The number of nitrogens with zero attached hydrogens (tertiary/aromatic N) is 1. The van der Waals surface area contributed by atoms with E-state index in [0.717, 1.165) is 32.8 Å². The molecule has 0 unspecified atom stereocenters. The van der Waals surface area contributed by atoms with Crippen LogP contribution >= 0.6 is 0 Å². The number of rotatable bonds is 8. The number of likely N-dealkylation sites (N-methyl/N-ethyl adjacent to an activating group) is 1. The first-order valence-electron chi connectivity index (χ1n) is 5.19. The summed E-state index contributed by atoms with van der Waals surface area (Å²) in [7, 11) is 1.74. The molecule has 0 aliphatic carbocycles. The van der Waals surface area contributed by atoms with E-state index in [1.807, 2.05) is 0 Å². The van der Waals surface area contributed by atoms with Crippen molar-refractivity contribution in [3.05, 3.63) is 0 Å². The summed E-state index contributed by atoms with van der Waals surface area (Å²) < 4.78 is 5.04. The van der Waals surface area contributed by atoms with E-state index in [9.17, 15) is 0 Å². The summed E-state index contributed by atoms with van der Waals surface area (Å²) in [4.78, 5) is 2.41. The average Bonchev–Trinajstić information content (AvgIpc) is 2.13. The molecule has 0 saturated heterocycles. The van der Waals surface area contributed by atoms with Gasteiger partial charge in [-0.05, 0) is 20.0 Å². The maximum Gasteiger partial charge on any atom is 0.0613 e. The van der Waals surface area contributed by atoms with Gasteiger partial charge < -0.3 is 15.0 Å². The second-order valence-electron chi connectivity index (χ2n) is 3.34. The van der Waals surface area contributed by atoms with Gasteiger partial charge in [0.25, 0.3) is 0 Å². The predicted octanol–water partition coefficient (Wildman–Crippen LogP) is 0.953. The molecule has 0 amide bonds. The predicted molar refractivity (Wildman–Crippen MR) is 57.1 cm³/mol. The minimum atomic E-state index is 0.459. The summed E-state index contributed by atoms with van der Waals surface area (Å²) in [6, 6.07) is 0.459. The van der Waals surface area contributed by atoms with E-state index in [4.69, 9.17) is 4.74 Å². The molecule has 0 aromatic rings.